The maximum absolute atomic E-state index is 12.3. The van der Waals surface area contributed by atoms with Crippen LogP contribution in [0.3, 0.4) is 0 Å². The molecule has 0 aliphatic carbocycles. The summed E-state index contributed by atoms with van der Waals surface area (Å²) >= 11 is 6.33. The van der Waals surface area contributed by atoms with E-state index in [9.17, 15) is 9.59 Å². The Morgan fingerprint density at radius 3 is 2.77 bits per heavy atom. The number of carbonyl (C=O) groups excluding carboxylic acids is 1. The first kappa shape index (κ1) is 20.0. The second-order valence-electron chi connectivity index (χ2n) is 5.68. The van der Waals surface area contributed by atoms with E-state index in [0.717, 1.165) is 17.0 Å². The monoisotopic (exact) mass is 392 g/mol. The average Bonchev–Trinajstić information content (AvgIpc) is 2.86. The predicted octanol–water partition coefficient (Wildman–Crippen LogP) is 2.99. The molecule has 0 unspecified atom stereocenters. The summed E-state index contributed by atoms with van der Waals surface area (Å²) in [5.74, 6) is -0.494. The van der Waals surface area contributed by atoms with Crippen molar-refractivity contribution in [1.29, 1.82) is 0 Å². The number of carbonyl (C=O) groups is 2. The first-order valence-electron chi connectivity index (χ1n) is 7.82. The normalized spacial score (nSPS) is 16.0. The van der Waals surface area contributed by atoms with E-state index in [-0.39, 0.29) is 18.9 Å². The second-order valence-corrected chi connectivity index (χ2v) is 7.35. The zero-order valence-electron chi connectivity index (χ0n) is 14.8. The Labute approximate surface area is 162 Å². The molecule has 6 nitrogen and oxygen atoms in total. The summed E-state index contributed by atoms with van der Waals surface area (Å²) in [6.07, 6.45) is 5.16. The minimum atomic E-state index is -0.962. The minimum absolute atomic E-state index is 0.0842. The van der Waals surface area contributed by atoms with Gasteiger partial charge in [0.25, 0.3) is 5.91 Å². The highest BCUT2D eigenvalue weighted by Crippen LogP contribution is 2.31. The molecule has 0 spiro atoms. The fraction of sp³-hybridized carbons (Fsp3) is 0.278. The SMILES string of the molecule is COc1cc(N(C)C)ccc1C=CC=C1SC(=S)N(CCC(=O)O)C1=O. The number of allylic oxidation sites excluding steroid dienone is 2. The van der Waals surface area contributed by atoms with Crippen LogP contribution < -0.4 is 9.64 Å². The number of aliphatic carboxylic acids is 1. The molecular weight excluding hydrogens is 372 g/mol. The standard InChI is InChI=1S/C18H20N2O4S2/c1-19(2)13-8-7-12(14(11-13)24-3)5-4-6-15-17(23)20(18(25)26-15)10-9-16(21)22/h4-8,11H,9-10H2,1-3H3,(H,21,22). The summed E-state index contributed by atoms with van der Waals surface area (Å²) in [6, 6.07) is 5.86. The fourth-order valence-corrected chi connectivity index (χ4v) is 3.53. The molecule has 8 heteroatoms. The molecule has 1 aromatic rings. The highest BCUT2D eigenvalue weighted by molar-refractivity contribution is 8.26. The van der Waals surface area contributed by atoms with Crippen LogP contribution in [0, 0.1) is 0 Å². The predicted molar refractivity (Wildman–Crippen MR) is 109 cm³/mol. The van der Waals surface area contributed by atoms with Crippen molar-refractivity contribution in [1.82, 2.24) is 4.90 Å². The molecule has 1 aromatic carbocycles. The summed E-state index contributed by atoms with van der Waals surface area (Å²) in [6.45, 7) is 0.0842. The smallest absolute Gasteiger partial charge is 0.305 e. The number of benzene rings is 1. The van der Waals surface area contributed by atoms with E-state index in [0.29, 0.717) is 9.23 Å². The van der Waals surface area contributed by atoms with Crippen molar-refractivity contribution in [2.75, 3.05) is 32.6 Å². The molecule has 1 amide bonds. The Morgan fingerprint density at radius 2 is 2.15 bits per heavy atom. The van der Waals surface area contributed by atoms with Gasteiger partial charge in [0.2, 0.25) is 0 Å². The Balaban J connectivity index is 2.13. The van der Waals surface area contributed by atoms with Gasteiger partial charge in [-0.1, -0.05) is 36.1 Å². The second kappa shape index (κ2) is 8.86. The highest BCUT2D eigenvalue weighted by Gasteiger charge is 2.31. The van der Waals surface area contributed by atoms with Gasteiger partial charge in [-0.25, -0.2) is 0 Å². The third-order valence-corrected chi connectivity index (χ3v) is 5.08. The third kappa shape index (κ3) is 4.86. The van der Waals surface area contributed by atoms with Gasteiger partial charge in [-0.2, -0.15) is 0 Å². The van der Waals surface area contributed by atoms with Crippen LogP contribution in [0.5, 0.6) is 5.75 Å². The van der Waals surface area contributed by atoms with E-state index < -0.39 is 5.97 Å². The van der Waals surface area contributed by atoms with E-state index in [1.807, 2.05) is 43.3 Å². The molecule has 1 heterocycles. The lowest BCUT2D eigenvalue weighted by atomic mass is 10.1. The van der Waals surface area contributed by atoms with Crippen LogP contribution in [0.25, 0.3) is 6.08 Å². The number of carboxylic acids is 1. The van der Waals surface area contributed by atoms with E-state index in [4.69, 9.17) is 22.1 Å². The molecule has 1 aliphatic heterocycles. The van der Waals surface area contributed by atoms with Crippen molar-refractivity contribution in [2.24, 2.45) is 0 Å². The van der Waals surface area contributed by atoms with Crippen LogP contribution in [-0.4, -0.2) is 54.0 Å². The van der Waals surface area contributed by atoms with Crippen LogP contribution in [0.2, 0.25) is 0 Å². The van der Waals surface area contributed by atoms with E-state index in [1.165, 1.54) is 16.7 Å². The average molecular weight is 393 g/mol. The molecule has 1 N–H and O–H groups in total. The van der Waals surface area contributed by atoms with Gasteiger partial charge in [0.1, 0.15) is 10.1 Å². The van der Waals surface area contributed by atoms with Crippen molar-refractivity contribution in [2.45, 2.75) is 6.42 Å². The lowest BCUT2D eigenvalue weighted by Crippen LogP contribution is -2.30. The lowest BCUT2D eigenvalue weighted by Gasteiger charge is -2.14. The van der Waals surface area contributed by atoms with Crippen molar-refractivity contribution in [3.8, 4) is 5.75 Å². The molecule has 0 saturated carbocycles. The summed E-state index contributed by atoms with van der Waals surface area (Å²) in [5.41, 5.74) is 1.91. The van der Waals surface area contributed by atoms with Crippen molar-refractivity contribution in [3.05, 3.63) is 40.8 Å². The molecule has 26 heavy (non-hydrogen) atoms. The number of nitrogens with zero attached hydrogens (tertiary/aromatic N) is 2. The van der Waals surface area contributed by atoms with Crippen molar-refractivity contribution >= 4 is 51.9 Å². The number of methoxy groups -OCH3 is 1. The van der Waals surface area contributed by atoms with Gasteiger partial charge in [0.05, 0.1) is 18.4 Å². The largest absolute Gasteiger partial charge is 0.496 e. The van der Waals surface area contributed by atoms with Gasteiger partial charge in [-0.05, 0) is 18.2 Å². The van der Waals surface area contributed by atoms with E-state index in [1.54, 1.807) is 19.3 Å². The lowest BCUT2D eigenvalue weighted by molar-refractivity contribution is -0.137. The number of carboxylic acid groups (broad SMARTS) is 1. The topological polar surface area (TPSA) is 70.1 Å². The molecule has 1 saturated heterocycles. The van der Waals surface area contributed by atoms with Crippen LogP contribution >= 0.6 is 24.0 Å². The third-order valence-electron chi connectivity index (χ3n) is 3.68. The molecule has 1 fully saturated rings. The molecule has 1 aliphatic rings. The Kier molecular flexibility index (Phi) is 6.82. The first-order valence-corrected chi connectivity index (χ1v) is 9.05. The van der Waals surface area contributed by atoms with Crippen LogP contribution in [-0.2, 0) is 9.59 Å². The van der Waals surface area contributed by atoms with Gasteiger partial charge in [0, 0.05) is 38.0 Å². The van der Waals surface area contributed by atoms with E-state index >= 15 is 0 Å². The van der Waals surface area contributed by atoms with Gasteiger partial charge in [-0.15, -0.1) is 0 Å². The minimum Gasteiger partial charge on any atom is -0.496 e. The van der Waals surface area contributed by atoms with Gasteiger partial charge in [-0.3, -0.25) is 14.5 Å². The highest BCUT2D eigenvalue weighted by atomic mass is 32.2. The van der Waals surface area contributed by atoms with Crippen molar-refractivity contribution < 1.29 is 19.4 Å². The number of amides is 1. The van der Waals surface area contributed by atoms with E-state index in [2.05, 4.69) is 0 Å². The molecule has 2 rings (SSSR count). The molecule has 0 bridgehead atoms. The number of hydrogen-bond donors (Lipinski definition) is 1. The Hall–Kier alpha value is -2.32. The maximum Gasteiger partial charge on any atom is 0.305 e. The first-order chi connectivity index (χ1) is 12.3. The Morgan fingerprint density at radius 1 is 1.42 bits per heavy atom. The van der Waals surface area contributed by atoms with Crippen LogP contribution in [0.4, 0.5) is 5.69 Å². The fourth-order valence-electron chi connectivity index (χ4n) is 2.27. The summed E-state index contributed by atoms with van der Waals surface area (Å²) in [4.78, 5) is 26.8. The number of thioether (sulfide) groups is 1. The summed E-state index contributed by atoms with van der Waals surface area (Å²) in [7, 11) is 5.52. The zero-order chi connectivity index (χ0) is 19.3. The quantitative estimate of drug-likeness (QED) is 0.565. The number of thiocarbonyl (C=S) groups is 1. The summed E-state index contributed by atoms with van der Waals surface area (Å²) < 4.78 is 5.79. The van der Waals surface area contributed by atoms with Crippen LogP contribution in [0.15, 0.2) is 35.3 Å². The number of ether oxygens (including phenoxy) is 1. The molecule has 0 radical (unpaired) electrons. The van der Waals surface area contributed by atoms with Gasteiger partial charge >= 0.3 is 5.97 Å². The maximum atomic E-state index is 12.3. The van der Waals surface area contributed by atoms with Crippen LogP contribution in [0.1, 0.15) is 12.0 Å². The van der Waals surface area contributed by atoms with Gasteiger partial charge < -0.3 is 14.7 Å². The number of rotatable bonds is 7. The molecule has 138 valence electrons. The molecule has 0 aromatic heterocycles. The molecule has 0 atom stereocenters. The molecular formula is C18H20N2O4S2. The van der Waals surface area contributed by atoms with Gasteiger partial charge in [0.15, 0.2) is 0 Å². The zero-order valence-corrected chi connectivity index (χ0v) is 16.4. The van der Waals surface area contributed by atoms with Crippen molar-refractivity contribution in [3.63, 3.8) is 0 Å². The number of anilines is 1. The number of hydrogen-bond acceptors (Lipinski definition) is 6. The Bertz CT molecular complexity index is 787. The summed E-state index contributed by atoms with van der Waals surface area (Å²) in [5, 5.41) is 8.75.